The molecule has 7 heteroatoms. The number of aliphatic hydroxyl groups is 1. The van der Waals surface area contributed by atoms with E-state index in [0.717, 1.165) is 38.5 Å². The van der Waals surface area contributed by atoms with Gasteiger partial charge in [-0.2, -0.15) is 0 Å². The fraction of sp³-hybridized carbons (Fsp3) is 0.588. The Kier molecular flexibility index (Phi) is 5.30. The van der Waals surface area contributed by atoms with Crippen LogP contribution in [0.15, 0.2) is 18.2 Å². The highest BCUT2D eigenvalue weighted by Crippen LogP contribution is 2.41. The van der Waals surface area contributed by atoms with Crippen LogP contribution in [-0.4, -0.2) is 54.4 Å². The largest absolute Gasteiger partial charge is 0.393 e. The first kappa shape index (κ1) is 17.1. The second-order valence-electron chi connectivity index (χ2n) is 6.59. The Morgan fingerprint density at radius 1 is 1.29 bits per heavy atom. The van der Waals surface area contributed by atoms with Crippen LogP contribution in [0.4, 0.5) is 13.6 Å². The van der Waals surface area contributed by atoms with Crippen molar-refractivity contribution >= 4 is 6.03 Å². The van der Waals surface area contributed by atoms with Gasteiger partial charge in [0, 0.05) is 44.2 Å². The minimum Gasteiger partial charge on any atom is -0.393 e. The topological polar surface area (TPSA) is 64.6 Å². The number of benzene rings is 1. The third-order valence-corrected chi connectivity index (χ3v) is 4.74. The molecule has 1 aromatic rings. The third kappa shape index (κ3) is 4.42. The van der Waals surface area contributed by atoms with Crippen molar-refractivity contribution in [3.8, 4) is 0 Å². The Bertz CT molecular complexity index is 591. The zero-order chi connectivity index (χ0) is 17.1. The van der Waals surface area contributed by atoms with Gasteiger partial charge >= 0.3 is 6.03 Å². The molecule has 3 N–H and O–H groups in total. The number of carbonyl (C=O) groups excluding carboxylic acids is 1. The molecule has 1 saturated carbocycles. The van der Waals surface area contributed by atoms with Crippen molar-refractivity contribution < 1.29 is 18.7 Å². The van der Waals surface area contributed by atoms with Gasteiger partial charge in [-0.25, -0.2) is 13.6 Å². The lowest BCUT2D eigenvalue weighted by molar-refractivity contribution is 0.0832. The Balaban J connectivity index is 1.36. The maximum absolute atomic E-state index is 13.7. The Hall–Kier alpha value is -1.73. The molecule has 1 saturated heterocycles. The zero-order valence-electron chi connectivity index (χ0n) is 13.5. The summed E-state index contributed by atoms with van der Waals surface area (Å²) in [4.78, 5) is 14.1. The van der Waals surface area contributed by atoms with Crippen LogP contribution in [0.3, 0.4) is 0 Å². The molecule has 2 amide bonds. The predicted molar refractivity (Wildman–Crippen MR) is 85.7 cm³/mol. The van der Waals surface area contributed by atoms with Crippen LogP contribution in [-0.2, 0) is 0 Å². The molecule has 1 aliphatic heterocycles. The van der Waals surface area contributed by atoms with Gasteiger partial charge in [0.1, 0.15) is 11.6 Å². The fourth-order valence-corrected chi connectivity index (χ4v) is 3.19. The summed E-state index contributed by atoms with van der Waals surface area (Å²) in [6, 6.07) is 3.20. The normalized spacial score (nSPS) is 24.6. The molecule has 132 valence electrons. The summed E-state index contributed by atoms with van der Waals surface area (Å²) in [5.41, 5.74) is 0.452. The minimum absolute atomic E-state index is 0.0834. The number of hydrogen-bond acceptors (Lipinski definition) is 3. The molecule has 2 atom stereocenters. The molecule has 0 aromatic heterocycles. The molecule has 24 heavy (non-hydrogen) atoms. The number of likely N-dealkylation sites (tertiary alicyclic amines) is 1. The van der Waals surface area contributed by atoms with Crippen molar-refractivity contribution in [2.45, 2.75) is 37.3 Å². The number of piperidine rings is 1. The first-order valence-electron chi connectivity index (χ1n) is 8.42. The van der Waals surface area contributed by atoms with Gasteiger partial charge in [0.15, 0.2) is 0 Å². The van der Waals surface area contributed by atoms with E-state index in [0.29, 0.717) is 18.5 Å². The molecule has 2 fully saturated rings. The molecule has 2 aliphatic rings. The summed E-state index contributed by atoms with van der Waals surface area (Å²) in [6.45, 7) is 2.98. The van der Waals surface area contributed by atoms with E-state index in [-0.39, 0.29) is 24.1 Å². The van der Waals surface area contributed by atoms with Crippen molar-refractivity contribution in [1.29, 1.82) is 0 Å². The maximum Gasteiger partial charge on any atom is 0.315 e. The third-order valence-electron chi connectivity index (χ3n) is 4.74. The van der Waals surface area contributed by atoms with Crippen LogP contribution in [0.25, 0.3) is 0 Å². The Morgan fingerprint density at radius 2 is 2.04 bits per heavy atom. The summed E-state index contributed by atoms with van der Waals surface area (Å²) < 4.78 is 26.6. The van der Waals surface area contributed by atoms with Gasteiger partial charge in [0.05, 0.1) is 6.10 Å². The van der Waals surface area contributed by atoms with Crippen molar-refractivity contribution in [2.75, 3.05) is 26.2 Å². The Labute approximate surface area is 140 Å². The van der Waals surface area contributed by atoms with E-state index in [9.17, 15) is 18.7 Å². The summed E-state index contributed by atoms with van der Waals surface area (Å²) in [7, 11) is 0. The number of hydrogen-bond donors (Lipinski definition) is 3. The fourth-order valence-electron chi connectivity index (χ4n) is 3.19. The monoisotopic (exact) mass is 339 g/mol. The molecule has 3 rings (SSSR count). The quantitative estimate of drug-likeness (QED) is 0.763. The molecular weight excluding hydrogens is 316 g/mol. The summed E-state index contributed by atoms with van der Waals surface area (Å²) in [6.07, 6.45) is 2.02. The smallest absolute Gasteiger partial charge is 0.315 e. The molecule has 1 aromatic carbocycles. The highest BCUT2D eigenvalue weighted by Gasteiger charge is 2.41. The van der Waals surface area contributed by atoms with Gasteiger partial charge in [-0.05, 0) is 30.9 Å². The standard InChI is InChI=1S/C17H23F2N3O2/c18-11-1-2-13(15(19)9-11)14-10-16(14)21-17(24)20-5-8-22-6-3-12(23)4-7-22/h1-2,9,12,14,16,23H,3-8,10H2,(H2,20,21,24)/t14-,16+/m0/s1. The van der Waals surface area contributed by atoms with Crippen molar-refractivity contribution in [1.82, 2.24) is 15.5 Å². The average molecular weight is 339 g/mol. The number of aliphatic hydroxyl groups excluding tert-OH is 1. The molecule has 0 bridgehead atoms. The highest BCUT2D eigenvalue weighted by molar-refractivity contribution is 5.74. The van der Waals surface area contributed by atoms with Crippen molar-refractivity contribution in [3.05, 3.63) is 35.4 Å². The van der Waals surface area contributed by atoms with Crippen LogP contribution in [0.2, 0.25) is 0 Å². The van der Waals surface area contributed by atoms with Gasteiger partial charge in [-0.15, -0.1) is 0 Å². The molecule has 0 unspecified atom stereocenters. The molecule has 5 nitrogen and oxygen atoms in total. The van der Waals surface area contributed by atoms with Crippen LogP contribution < -0.4 is 10.6 Å². The van der Waals surface area contributed by atoms with Gasteiger partial charge in [-0.1, -0.05) is 6.07 Å². The van der Waals surface area contributed by atoms with E-state index in [2.05, 4.69) is 15.5 Å². The van der Waals surface area contributed by atoms with E-state index >= 15 is 0 Å². The van der Waals surface area contributed by atoms with Gasteiger partial charge in [-0.3, -0.25) is 0 Å². The Morgan fingerprint density at radius 3 is 2.75 bits per heavy atom. The van der Waals surface area contributed by atoms with Gasteiger partial charge < -0.3 is 20.6 Å². The van der Waals surface area contributed by atoms with Gasteiger partial charge in [0.2, 0.25) is 0 Å². The van der Waals surface area contributed by atoms with E-state index < -0.39 is 11.6 Å². The molecule has 1 aliphatic carbocycles. The lowest BCUT2D eigenvalue weighted by Gasteiger charge is -2.29. The lowest BCUT2D eigenvalue weighted by Crippen LogP contribution is -2.43. The number of amides is 2. The van der Waals surface area contributed by atoms with E-state index in [1.807, 2.05) is 0 Å². The zero-order valence-corrected chi connectivity index (χ0v) is 13.5. The SMILES string of the molecule is O=C(NCCN1CCC(O)CC1)N[C@@H]1C[C@H]1c1ccc(F)cc1F. The van der Waals surface area contributed by atoms with Crippen LogP contribution in [0.1, 0.15) is 30.7 Å². The van der Waals surface area contributed by atoms with Crippen molar-refractivity contribution in [3.63, 3.8) is 0 Å². The lowest BCUT2D eigenvalue weighted by atomic mass is 10.1. The first-order chi connectivity index (χ1) is 11.5. The summed E-state index contributed by atoms with van der Waals surface area (Å²) in [5.74, 6) is -1.23. The maximum atomic E-state index is 13.7. The molecule has 0 spiro atoms. The van der Waals surface area contributed by atoms with E-state index in [1.165, 1.54) is 12.1 Å². The number of rotatable bonds is 5. The average Bonchev–Trinajstić information content (AvgIpc) is 3.28. The van der Waals surface area contributed by atoms with E-state index in [1.54, 1.807) is 0 Å². The van der Waals surface area contributed by atoms with Crippen LogP contribution in [0.5, 0.6) is 0 Å². The minimum atomic E-state index is -0.593. The number of halogens is 2. The number of carbonyl (C=O) groups is 1. The van der Waals surface area contributed by atoms with Crippen molar-refractivity contribution in [2.24, 2.45) is 0 Å². The summed E-state index contributed by atoms with van der Waals surface area (Å²) in [5, 5.41) is 15.1. The second kappa shape index (κ2) is 7.44. The predicted octanol–water partition coefficient (Wildman–Crippen LogP) is 1.58. The number of nitrogens with zero attached hydrogens (tertiary/aromatic N) is 1. The van der Waals surface area contributed by atoms with Crippen LogP contribution >= 0.6 is 0 Å². The molecular formula is C17H23F2N3O2. The highest BCUT2D eigenvalue weighted by atomic mass is 19.1. The van der Waals surface area contributed by atoms with Crippen LogP contribution in [0, 0.1) is 11.6 Å². The van der Waals surface area contributed by atoms with E-state index in [4.69, 9.17) is 0 Å². The molecule has 1 heterocycles. The van der Waals surface area contributed by atoms with Gasteiger partial charge in [0.25, 0.3) is 0 Å². The number of nitrogens with one attached hydrogen (secondary N) is 2. The number of urea groups is 1. The first-order valence-corrected chi connectivity index (χ1v) is 8.42. The second-order valence-corrected chi connectivity index (χ2v) is 6.59. The summed E-state index contributed by atoms with van der Waals surface area (Å²) >= 11 is 0. The molecule has 0 radical (unpaired) electrons.